The summed E-state index contributed by atoms with van der Waals surface area (Å²) >= 11 is 0. The molecule has 4 nitrogen and oxygen atoms in total. The average Bonchev–Trinajstić information content (AvgIpc) is 2.29. The number of hydrogen-bond donors (Lipinski definition) is 0. The normalized spacial score (nSPS) is 18.8. The Balaban J connectivity index is 2.60. The first kappa shape index (κ1) is 13.8. The van der Waals surface area contributed by atoms with Crippen LogP contribution < -0.4 is 0 Å². The Bertz CT molecular complexity index is 221. The Kier molecular flexibility index (Phi) is 6.19. The second-order valence-corrected chi connectivity index (χ2v) is 7.03. The molecule has 94 valence electrons. The SMILES string of the molecule is CO[Si](CC1=NCCCCCC1)(OC)OC. The van der Waals surface area contributed by atoms with Crippen LogP contribution in [-0.2, 0) is 13.3 Å². The summed E-state index contributed by atoms with van der Waals surface area (Å²) in [6.45, 7) is 0.941. The fourth-order valence-corrected chi connectivity index (χ4v) is 3.69. The van der Waals surface area contributed by atoms with E-state index < -0.39 is 8.80 Å². The molecule has 1 rings (SSSR count). The smallest absolute Gasteiger partial charge is 0.377 e. The highest BCUT2D eigenvalue weighted by atomic mass is 28.4. The zero-order valence-electron chi connectivity index (χ0n) is 10.6. The van der Waals surface area contributed by atoms with Gasteiger partial charge in [-0.3, -0.25) is 4.99 Å². The Morgan fingerprint density at radius 3 is 2.25 bits per heavy atom. The molecule has 0 saturated carbocycles. The summed E-state index contributed by atoms with van der Waals surface area (Å²) in [5.74, 6) is 0. The first-order valence-electron chi connectivity index (χ1n) is 5.94. The standard InChI is InChI=1S/C11H23NO3Si/c1-13-16(14-2,15-3)10-11-8-6-4-5-7-9-12-11/h4-10H2,1-3H3. The molecule has 0 aromatic heterocycles. The second kappa shape index (κ2) is 7.16. The molecule has 0 fully saturated rings. The van der Waals surface area contributed by atoms with Crippen LogP contribution in [0.2, 0.25) is 6.04 Å². The molecule has 0 aromatic rings. The molecule has 0 radical (unpaired) electrons. The van der Waals surface area contributed by atoms with Crippen LogP contribution in [0.5, 0.6) is 0 Å². The molecule has 0 aromatic carbocycles. The van der Waals surface area contributed by atoms with Gasteiger partial charge in [-0.1, -0.05) is 12.8 Å². The van der Waals surface area contributed by atoms with Crippen LogP contribution in [0.1, 0.15) is 32.1 Å². The molecule has 0 spiro atoms. The highest BCUT2D eigenvalue weighted by molar-refractivity contribution is 6.64. The van der Waals surface area contributed by atoms with E-state index in [1.807, 2.05) is 0 Å². The quantitative estimate of drug-likeness (QED) is 0.698. The largest absolute Gasteiger partial charge is 0.505 e. The van der Waals surface area contributed by atoms with Crippen molar-refractivity contribution in [3.05, 3.63) is 0 Å². The van der Waals surface area contributed by atoms with Crippen molar-refractivity contribution in [3.63, 3.8) is 0 Å². The van der Waals surface area contributed by atoms with Crippen LogP contribution in [0.3, 0.4) is 0 Å². The Hall–Kier alpha value is -0.233. The molecule has 5 heteroatoms. The molecule has 16 heavy (non-hydrogen) atoms. The second-order valence-electron chi connectivity index (χ2n) is 4.08. The van der Waals surface area contributed by atoms with Gasteiger partial charge in [0.25, 0.3) is 0 Å². The number of aliphatic imine (C=N–C) groups is 1. The molecule has 0 saturated heterocycles. The van der Waals surface area contributed by atoms with Gasteiger partial charge >= 0.3 is 8.80 Å². The maximum absolute atomic E-state index is 5.42. The third kappa shape index (κ3) is 3.97. The van der Waals surface area contributed by atoms with Gasteiger partial charge in [0.2, 0.25) is 0 Å². The van der Waals surface area contributed by atoms with Crippen LogP contribution in [0.4, 0.5) is 0 Å². The van der Waals surface area contributed by atoms with E-state index >= 15 is 0 Å². The van der Waals surface area contributed by atoms with E-state index in [4.69, 9.17) is 13.3 Å². The van der Waals surface area contributed by atoms with Crippen LogP contribution in [0.25, 0.3) is 0 Å². The van der Waals surface area contributed by atoms with Crippen molar-refractivity contribution in [2.45, 2.75) is 38.1 Å². The van der Waals surface area contributed by atoms with Gasteiger partial charge in [-0.25, -0.2) is 0 Å². The molecule has 1 heterocycles. The van der Waals surface area contributed by atoms with E-state index in [2.05, 4.69) is 4.99 Å². The van der Waals surface area contributed by atoms with Crippen molar-refractivity contribution < 1.29 is 13.3 Å². The summed E-state index contributed by atoms with van der Waals surface area (Å²) in [5.41, 5.74) is 1.21. The van der Waals surface area contributed by atoms with Crippen molar-refractivity contribution in [3.8, 4) is 0 Å². The van der Waals surface area contributed by atoms with Crippen molar-refractivity contribution in [1.82, 2.24) is 0 Å². The summed E-state index contributed by atoms with van der Waals surface area (Å²) in [4.78, 5) is 4.62. The van der Waals surface area contributed by atoms with Gasteiger partial charge in [0, 0.05) is 33.6 Å². The summed E-state index contributed by atoms with van der Waals surface area (Å²) in [6, 6.07) is 0.733. The molecule has 1 aliphatic rings. The highest BCUT2D eigenvalue weighted by Crippen LogP contribution is 2.18. The number of nitrogens with zero attached hydrogens (tertiary/aromatic N) is 1. The van der Waals surface area contributed by atoms with E-state index in [1.54, 1.807) is 21.3 Å². The minimum atomic E-state index is -2.47. The minimum absolute atomic E-state index is 0.733. The maximum Gasteiger partial charge on any atom is 0.505 e. The van der Waals surface area contributed by atoms with Gasteiger partial charge in [0.05, 0.1) is 6.04 Å². The number of hydrogen-bond acceptors (Lipinski definition) is 4. The average molecular weight is 245 g/mol. The monoisotopic (exact) mass is 245 g/mol. The first-order valence-corrected chi connectivity index (χ1v) is 7.87. The molecule has 0 unspecified atom stereocenters. The van der Waals surface area contributed by atoms with E-state index in [-0.39, 0.29) is 0 Å². The zero-order chi connectivity index (χ0) is 11.9. The highest BCUT2D eigenvalue weighted by Gasteiger charge is 2.39. The van der Waals surface area contributed by atoms with Crippen LogP contribution in [0.15, 0.2) is 4.99 Å². The maximum atomic E-state index is 5.42. The minimum Gasteiger partial charge on any atom is -0.377 e. The fraction of sp³-hybridized carbons (Fsp3) is 0.909. The van der Waals surface area contributed by atoms with Gasteiger partial charge < -0.3 is 13.3 Å². The predicted octanol–water partition coefficient (Wildman–Crippen LogP) is 2.27. The Morgan fingerprint density at radius 1 is 1.00 bits per heavy atom. The molecule has 0 bridgehead atoms. The lowest BCUT2D eigenvalue weighted by Crippen LogP contribution is -2.44. The van der Waals surface area contributed by atoms with Gasteiger partial charge in [-0.05, 0) is 19.3 Å². The van der Waals surface area contributed by atoms with E-state index in [9.17, 15) is 0 Å². The summed E-state index contributed by atoms with van der Waals surface area (Å²) in [5, 5.41) is 0. The third-order valence-corrected chi connectivity index (χ3v) is 5.77. The molecular formula is C11H23NO3Si. The van der Waals surface area contributed by atoms with Crippen molar-refractivity contribution in [2.24, 2.45) is 4.99 Å². The number of rotatable bonds is 5. The predicted molar refractivity (Wildman–Crippen MR) is 67.0 cm³/mol. The van der Waals surface area contributed by atoms with Crippen molar-refractivity contribution in [1.29, 1.82) is 0 Å². The molecular weight excluding hydrogens is 222 g/mol. The van der Waals surface area contributed by atoms with Crippen LogP contribution >= 0.6 is 0 Å². The molecule has 0 N–H and O–H groups in total. The lowest BCUT2D eigenvalue weighted by Gasteiger charge is -2.25. The topological polar surface area (TPSA) is 40.0 Å². The molecule has 0 atom stereocenters. The van der Waals surface area contributed by atoms with Crippen molar-refractivity contribution in [2.75, 3.05) is 27.9 Å². The zero-order valence-corrected chi connectivity index (χ0v) is 11.6. The van der Waals surface area contributed by atoms with Crippen LogP contribution in [0, 0.1) is 0 Å². The van der Waals surface area contributed by atoms with Gasteiger partial charge in [0.1, 0.15) is 0 Å². The first-order chi connectivity index (χ1) is 7.76. The van der Waals surface area contributed by atoms with Gasteiger partial charge in [-0.2, -0.15) is 0 Å². The third-order valence-electron chi connectivity index (χ3n) is 3.06. The summed E-state index contributed by atoms with van der Waals surface area (Å²) < 4.78 is 16.3. The lowest BCUT2D eigenvalue weighted by atomic mass is 10.1. The van der Waals surface area contributed by atoms with Gasteiger partial charge in [0.15, 0.2) is 0 Å². The molecule has 0 amide bonds. The van der Waals surface area contributed by atoms with E-state index in [0.717, 1.165) is 19.0 Å². The Labute approximate surface area is 99.4 Å². The van der Waals surface area contributed by atoms with Gasteiger partial charge in [-0.15, -0.1) is 0 Å². The Morgan fingerprint density at radius 2 is 1.62 bits per heavy atom. The van der Waals surface area contributed by atoms with Crippen LogP contribution in [-0.4, -0.2) is 42.4 Å². The molecule has 0 aliphatic carbocycles. The summed E-state index contributed by atoms with van der Waals surface area (Å²) in [7, 11) is 2.49. The fourth-order valence-electron chi connectivity index (χ4n) is 1.97. The van der Waals surface area contributed by atoms with E-state index in [1.165, 1.54) is 31.4 Å². The lowest BCUT2D eigenvalue weighted by molar-refractivity contribution is 0.128. The summed E-state index contributed by atoms with van der Waals surface area (Å²) in [6.07, 6.45) is 6.09. The molecule has 1 aliphatic heterocycles. The van der Waals surface area contributed by atoms with Crippen molar-refractivity contribution >= 4 is 14.5 Å². The van der Waals surface area contributed by atoms with E-state index in [0.29, 0.717) is 0 Å².